The third kappa shape index (κ3) is 4.75. The summed E-state index contributed by atoms with van der Waals surface area (Å²) in [6.45, 7) is 0.867. The number of carboxylic acid groups (broad SMARTS) is 1. The number of rotatable bonds is 7. The number of nitrogens with zero attached hydrogens (tertiary/aromatic N) is 1. The van der Waals surface area contributed by atoms with Gasteiger partial charge in [-0.3, -0.25) is 9.59 Å². The Balaban J connectivity index is 1.64. The van der Waals surface area contributed by atoms with Crippen molar-refractivity contribution in [2.45, 2.75) is 23.5 Å². The van der Waals surface area contributed by atoms with E-state index in [9.17, 15) is 14.7 Å². The van der Waals surface area contributed by atoms with Gasteiger partial charge in [0.15, 0.2) is 0 Å². The third-order valence-corrected chi connectivity index (χ3v) is 6.17. The highest BCUT2D eigenvalue weighted by atomic mass is 32.2. The quantitative estimate of drug-likeness (QED) is 0.715. The normalized spacial score (nSPS) is 19.4. The lowest BCUT2D eigenvalue weighted by Crippen LogP contribution is -2.52. The van der Waals surface area contributed by atoms with Gasteiger partial charge in [-0.25, -0.2) is 0 Å². The number of carbonyl (C=O) groups is 2. The lowest BCUT2D eigenvalue weighted by atomic mass is 9.80. The summed E-state index contributed by atoms with van der Waals surface area (Å²) in [5.74, 6) is -0.193. The molecule has 2 aromatic rings. The number of aliphatic carboxylic acids is 1. The molecule has 148 valence electrons. The minimum atomic E-state index is -1.02. The maximum absolute atomic E-state index is 12.9. The Labute approximate surface area is 169 Å². The number of thioether (sulfide) groups is 1. The molecule has 1 unspecified atom stereocenters. The first-order valence-corrected chi connectivity index (χ1v) is 10.3. The van der Waals surface area contributed by atoms with Crippen molar-refractivity contribution in [1.82, 2.24) is 4.90 Å². The number of carboxylic acids is 1. The van der Waals surface area contributed by atoms with Crippen molar-refractivity contribution >= 4 is 23.6 Å². The van der Waals surface area contributed by atoms with Crippen molar-refractivity contribution in [3.63, 3.8) is 0 Å². The Morgan fingerprint density at radius 1 is 1.14 bits per heavy atom. The Morgan fingerprint density at radius 3 is 2.50 bits per heavy atom. The van der Waals surface area contributed by atoms with E-state index in [1.807, 2.05) is 42.5 Å². The summed E-state index contributed by atoms with van der Waals surface area (Å²) >= 11 is 1.75. The first kappa shape index (κ1) is 20.4. The fourth-order valence-corrected chi connectivity index (χ4v) is 4.42. The molecule has 0 aromatic heterocycles. The molecule has 1 saturated heterocycles. The number of amides is 1. The van der Waals surface area contributed by atoms with Crippen LogP contribution in [0.4, 0.5) is 0 Å². The first-order chi connectivity index (χ1) is 13.5. The number of hydrogen-bond donors (Lipinski definition) is 1. The minimum absolute atomic E-state index is 0.113. The smallest absolute Gasteiger partial charge is 0.313 e. The van der Waals surface area contributed by atoms with Crippen LogP contribution < -0.4 is 0 Å². The summed E-state index contributed by atoms with van der Waals surface area (Å²) in [5, 5.41) is 9.66. The molecule has 5 nitrogen and oxygen atoms in total. The van der Waals surface area contributed by atoms with Gasteiger partial charge in [-0.15, -0.1) is 11.8 Å². The van der Waals surface area contributed by atoms with Crippen LogP contribution in [0.25, 0.3) is 0 Å². The van der Waals surface area contributed by atoms with E-state index in [4.69, 9.17) is 4.74 Å². The van der Waals surface area contributed by atoms with Crippen molar-refractivity contribution < 1.29 is 19.4 Å². The van der Waals surface area contributed by atoms with Crippen molar-refractivity contribution in [3.05, 3.63) is 65.7 Å². The lowest BCUT2D eigenvalue weighted by molar-refractivity contribution is -0.155. The highest BCUT2D eigenvalue weighted by Crippen LogP contribution is 2.31. The zero-order valence-corrected chi connectivity index (χ0v) is 16.8. The summed E-state index contributed by atoms with van der Waals surface area (Å²) in [7, 11) is 1.50. The largest absolute Gasteiger partial charge is 0.481 e. The summed E-state index contributed by atoms with van der Waals surface area (Å²) in [5.41, 5.74) is 0.713. The van der Waals surface area contributed by atoms with Crippen LogP contribution in [-0.4, -0.2) is 48.7 Å². The van der Waals surface area contributed by atoms with Crippen LogP contribution >= 0.6 is 11.8 Å². The Kier molecular flexibility index (Phi) is 6.75. The van der Waals surface area contributed by atoms with Crippen LogP contribution in [0.3, 0.4) is 0 Å². The SMILES string of the molecule is COCC1(C(=O)O)CCCN(C(=O)c2ccc(CSc3ccccc3)cc2)C1. The highest BCUT2D eigenvalue weighted by molar-refractivity contribution is 7.98. The Hall–Kier alpha value is -2.31. The molecule has 2 aromatic carbocycles. The Morgan fingerprint density at radius 2 is 1.86 bits per heavy atom. The molecular formula is C22H25NO4S. The predicted octanol–water partition coefficient (Wildman–Crippen LogP) is 3.93. The van der Waals surface area contributed by atoms with E-state index in [1.54, 1.807) is 16.7 Å². The predicted molar refractivity (Wildman–Crippen MR) is 110 cm³/mol. The van der Waals surface area contributed by atoms with Gasteiger partial charge in [-0.2, -0.15) is 0 Å². The van der Waals surface area contributed by atoms with Crippen LogP contribution in [0, 0.1) is 5.41 Å². The highest BCUT2D eigenvalue weighted by Gasteiger charge is 2.43. The maximum atomic E-state index is 12.9. The van der Waals surface area contributed by atoms with E-state index in [0.717, 1.165) is 11.3 Å². The molecule has 0 saturated carbocycles. The van der Waals surface area contributed by atoms with E-state index in [2.05, 4.69) is 12.1 Å². The number of methoxy groups -OCH3 is 1. The topological polar surface area (TPSA) is 66.8 Å². The number of benzene rings is 2. The van der Waals surface area contributed by atoms with Gasteiger partial charge in [-0.1, -0.05) is 30.3 Å². The monoisotopic (exact) mass is 399 g/mol. The molecule has 1 atom stereocenters. The molecule has 0 bridgehead atoms. The number of hydrogen-bond acceptors (Lipinski definition) is 4. The first-order valence-electron chi connectivity index (χ1n) is 9.32. The fraction of sp³-hybridized carbons (Fsp3) is 0.364. The van der Waals surface area contributed by atoms with E-state index in [-0.39, 0.29) is 19.1 Å². The second-order valence-corrected chi connectivity index (χ2v) is 8.20. The molecule has 28 heavy (non-hydrogen) atoms. The zero-order valence-electron chi connectivity index (χ0n) is 16.0. The van der Waals surface area contributed by atoms with Gasteiger partial charge in [0.2, 0.25) is 0 Å². The van der Waals surface area contributed by atoms with Gasteiger partial charge >= 0.3 is 5.97 Å². The summed E-state index contributed by atoms with van der Waals surface area (Å²) in [4.78, 5) is 27.5. The van der Waals surface area contributed by atoms with E-state index >= 15 is 0 Å². The lowest BCUT2D eigenvalue weighted by Gasteiger charge is -2.39. The summed E-state index contributed by atoms with van der Waals surface area (Å²) in [6.07, 6.45) is 1.18. The van der Waals surface area contributed by atoms with Crippen LogP contribution in [-0.2, 0) is 15.3 Å². The molecule has 0 spiro atoms. The average Bonchev–Trinajstić information content (AvgIpc) is 2.73. The average molecular weight is 400 g/mol. The van der Waals surface area contributed by atoms with Crippen LogP contribution in [0.2, 0.25) is 0 Å². The van der Waals surface area contributed by atoms with E-state index < -0.39 is 11.4 Å². The summed E-state index contributed by atoms with van der Waals surface area (Å²) < 4.78 is 5.14. The van der Waals surface area contributed by atoms with Crippen molar-refractivity contribution in [3.8, 4) is 0 Å². The van der Waals surface area contributed by atoms with Crippen LogP contribution in [0.15, 0.2) is 59.5 Å². The molecule has 1 fully saturated rings. The molecule has 1 aliphatic rings. The van der Waals surface area contributed by atoms with Gasteiger partial charge in [0.05, 0.1) is 6.61 Å². The minimum Gasteiger partial charge on any atom is -0.481 e. The molecule has 0 aliphatic carbocycles. The molecule has 1 amide bonds. The van der Waals surface area contributed by atoms with Gasteiger partial charge in [0, 0.05) is 36.4 Å². The van der Waals surface area contributed by atoms with Crippen molar-refractivity contribution in [2.24, 2.45) is 5.41 Å². The maximum Gasteiger partial charge on any atom is 0.313 e. The fourth-order valence-electron chi connectivity index (χ4n) is 3.55. The number of likely N-dealkylation sites (tertiary alicyclic amines) is 1. The van der Waals surface area contributed by atoms with E-state index in [0.29, 0.717) is 24.9 Å². The van der Waals surface area contributed by atoms with Gasteiger partial charge in [0.1, 0.15) is 5.41 Å². The van der Waals surface area contributed by atoms with Gasteiger partial charge < -0.3 is 14.7 Å². The molecule has 3 rings (SSSR count). The molecule has 6 heteroatoms. The molecular weight excluding hydrogens is 374 g/mol. The molecule has 1 heterocycles. The van der Waals surface area contributed by atoms with Crippen LogP contribution in [0.1, 0.15) is 28.8 Å². The molecule has 1 N–H and O–H groups in total. The second-order valence-electron chi connectivity index (χ2n) is 7.15. The van der Waals surface area contributed by atoms with Crippen LogP contribution in [0.5, 0.6) is 0 Å². The number of ether oxygens (including phenoxy) is 1. The zero-order chi connectivity index (χ0) is 20.0. The third-order valence-electron chi connectivity index (χ3n) is 5.09. The van der Waals surface area contributed by atoms with Gasteiger partial charge in [0.25, 0.3) is 5.91 Å². The van der Waals surface area contributed by atoms with Gasteiger partial charge in [-0.05, 0) is 42.7 Å². The number of piperidine rings is 1. The van der Waals surface area contributed by atoms with Crippen molar-refractivity contribution in [1.29, 1.82) is 0 Å². The Bertz CT molecular complexity index is 805. The summed E-state index contributed by atoms with van der Waals surface area (Å²) in [6, 6.07) is 17.8. The second kappa shape index (κ2) is 9.26. The molecule has 1 aliphatic heterocycles. The molecule has 0 radical (unpaired) electrons. The van der Waals surface area contributed by atoms with E-state index in [1.165, 1.54) is 12.0 Å². The number of carbonyl (C=O) groups excluding carboxylic acids is 1. The van der Waals surface area contributed by atoms with Crippen molar-refractivity contribution in [2.75, 3.05) is 26.8 Å². The standard InChI is InChI=1S/C22H25NO4S/c1-27-16-22(21(25)26)12-5-13-23(15-22)20(24)18-10-8-17(9-11-18)14-28-19-6-3-2-4-7-19/h2-4,6-11H,5,12-16H2,1H3,(H,25,26).